The zero-order chi connectivity index (χ0) is 11.4. The van der Waals surface area contributed by atoms with E-state index in [9.17, 15) is 0 Å². The molecule has 2 N–H and O–H groups in total. The Morgan fingerprint density at radius 2 is 2.19 bits per heavy atom. The fraction of sp³-hybridized carbons (Fsp3) is 0.750. The summed E-state index contributed by atoms with van der Waals surface area (Å²) in [6, 6.07) is 0. The molecule has 1 fully saturated rings. The van der Waals surface area contributed by atoms with Crippen LogP contribution in [-0.4, -0.2) is 23.5 Å². The summed E-state index contributed by atoms with van der Waals surface area (Å²) in [7, 11) is 2.20. The minimum atomic E-state index is 0.682. The predicted octanol–water partition coefficient (Wildman–Crippen LogP) is 2.74. The van der Waals surface area contributed by atoms with Gasteiger partial charge in [-0.15, -0.1) is 11.3 Å². The highest BCUT2D eigenvalue weighted by atomic mass is 32.1. The molecule has 0 amide bonds. The third-order valence-corrected chi connectivity index (χ3v) is 4.10. The first kappa shape index (κ1) is 11.9. The number of hydrogen-bond acceptors (Lipinski definition) is 4. The Balaban J connectivity index is 1.77. The summed E-state index contributed by atoms with van der Waals surface area (Å²) in [5.74, 6) is 0.906. The van der Waals surface area contributed by atoms with Crippen LogP contribution in [0.5, 0.6) is 0 Å². The molecule has 1 aromatic heterocycles. The molecule has 0 bridgehead atoms. The lowest BCUT2D eigenvalue weighted by atomic mass is 9.89. The SMILES string of the molecule is CN(Cc1cnc(N)s1)CC1CCCCC1. The zero-order valence-corrected chi connectivity index (χ0v) is 10.8. The average molecular weight is 239 g/mol. The smallest absolute Gasteiger partial charge is 0.180 e. The molecule has 1 aliphatic rings. The van der Waals surface area contributed by atoms with Gasteiger partial charge < -0.3 is 10.6 Å². The van der Waals surface area contributed by atoms with E-state index in [0.717, 1.165) is 12.5 Å². The maximum atomic E-state index is 5.63. The van der Waals surface area contributed by atoms with E-state index in [2.05, 4.69) is 16.9 Å². The standard InChI is InChI=1S/C12H21N3S/c1-15(8-10-5-3-2-4-6-10)9-11-7-14-12(13)16-11/h7,10H,2-6,8-9H2,1H3,(H2,13,14). The molecule has 1 saturated carbocycles. The van der Waals surface area contributed by atoms with Gasteiger partial charge in [-0.05, 0) is 25.8 Å². The first-order valence-corrected chi connectivity index (χ1v) is 6.94. The number of nitrogens with zero attached hydrogens (tertiary/aromatic N) is 2. The maximum absolute atomic E-state index is 5.63. The van der Waals surface area contributed by atoms with E-state index in [1.807, 2.05) is 6.20 Å². The van der Waals surface area contributed by atoms with Crippen LogP contribution in [0.1, 0.15) is 37.0 Å². The van der Waals surface area contributed by atoms with Crippen LogP contribution < -0.4 is 5.73 Å². The molecule has 1 heterocycles. The Morgan fingerprint density at radius 1 is 1.44 bits per heavy atom. The van der Waals surface area contributed by atoms with Gasteiger partial charge in [0.15, 0.2) is 5.13 Å². The van der Waals surface area contributed by atoms with Crippen molar-refractivity contribution in [3.63, 3.8) is 0 Å². The number of rotatable bonds is 4. The lowest BCUT2D eigenvalue weighted by Crippen LogP contribution is -2.26. The monoisotopic (exact) mass is 239 g/mol. The summed E-state index contributed by atoms with van der Waals surface area (Å²) < 4.78 is 0. The fourth-order valence-corrected chi connectivity index (χ4v) is 3.30. The van der Waals surface area contributed by atoms with Crippen molar-refractivity contribution in [2.45, 2.75) is 38.6 Å². The van der Waals surface area contributed by atoms with Gasteiger partial charge in [0.2, 0.25) is 0 Å². The highest BCUT2D eigenvalue weighted by Crippen LogP contribution is 2.25. The van der Waals surface area contributed by atoms with E-state index in [-0.39, 0.29) is 0 Å². The zero-order valence-electron chi connectivity index (χ0n) is 9.98. The second kappa shape index (κ2) is 5.64. The molecule has 0 spiro atoms. The van der Waals surface area contributed by atoms with Crippen molar-refractivity contribution >= 4 is 16.5 Å². The minimum Gasteiger partial charge on any atom is -0.375 e. The third-order valence-electron chi connectivity index (χ3n) is 3.29. The molecular weight excluding hydrogens is 218 g/mol. The quantitative estimate of drug-likeness (QED) is 0.878. The Bertz CT molecular complexity index is 318. The van der Waals surface area contributed by atoms with Crippen LogP contribution in [0.15, 0.2) is 6.20 Å². The summed E-state index contributed by atoms with van der Waals surface area (Å²) in [5.41, 5.74) is 5.63. The van der Waals surface area contributed by atoms with Crippen LogP contribution >= 0.6 is 11.3 Å². The van der Waals surface area contributed by atoms with E-state index in [1.54, 1.807) is 11.3 Å². The second-order valence-electron chi connectivity index (χ2n) is 4.87. The van der Waals surface area contributed by atoms with E-state index >= 15 is 0 Å². The number of nitrogens with two attached hydrogens (primary N) is 1. The number of thiazole rings is 1. The molecule has 3 nitrogen and oxygen atoms in total. The lowest BCUT2D eigenvalue weighted by Gasteiger charge is -2.26. The van der Waals surface area contributed by atoms with Crippen molar-refractivity contribution in [3.8, 4) is 0 Å². The van der Waals surface area contributed by atoms with E-state index in [0.29, 0.717) is 5.13 Å². The van der Waals surface area contributed by atoms with Crippen LogP contribution in [0.4, 0.5) is 5.13 Å². The van der Waals surface area contributed by atoms with Crippen molar-refractivity contribution in [1.82, 2.24) is 9.88 Å². The van der Waals surface area contributed by atoms with E-state index in [1.165, 1.54) is 43.5 Å². The van der Waals surface area contributed by atoms with Gasteiger partial charge in [0.25, 0.3) is 0 Å². The highest BCUT2D eigenvalue weighted by molar-refractivity contribution is 7.15. The second-order valence-corrected chi connectivity index (χ2v) is 6.01. The molecule has 1 aromatic rings. The average Bonchev–Trinajstić information content (AvgIpc) is 2.65. The van der Waals surface area contributed by atoms with Crippen LogP contribution in [0, 0.1) is 5.92 Å². The summed E-state index contributed by atoms with van der Waals surface area (Å²) >= 11 is 1.60. The molecule has 0 saturated heterocycles. The van der Waals surface area contributed by atoms with Crippen LogP contribution in [0.3, 0.4) is 0 Å². The first-order chi connectivity index (χ1) is 7.74. The summed E-state index contributed by atoms with van der Waals surface area (Å²) in [5, 5.41) is 0.682. The summed E-state index contributed by atoms with van der Waals surface area (Å²) in [4.78, 5) is 7.77. The van der Waals surface area contributed by atoms with Gasteiger partial charge in [0.05, 0.1) is 0 Å². The van der Waals surface area contributed by atoms with Crippen LogP contribution in [-0.2, 0) is 6.54 Å². The van der Waals surface area contributed by atoms with Gasteiger partial charge in [-0.25, -0.2) is 4.98 Å². The van der Waals surface area contributed by atoms with Gasteiger partial charge in [0.1, 0.15) is 0 Å². The van der Waals surface area contributed by atoms with Gasteiger partial charge >= 0.3 is 0 Å². The number of aromatic nitrogens is 1. The van der Waals surface area contributed by atoms with Crippen LogP contribution in [0.2, 0.25) is 0 Å². The van der Waals surface area contributed by atoms with Gasteiger partial charge in [0, 0.05) is 24.2 Å². The van der Waals surface area contributed by atoms with Crippen LogP contribution in [0.25, 0.3) is 0 Å². The van der Waals surface area contributed by atoms with Crippen molar-refractivity contribution in [3.05, 3.63) is 11.1 Å². The normalized spacial score (nSPS) is 18.1. The third kappa shape index (κ3) is 3.46. The Labute approximate surface area is 102 Å². The molecule has 90 valence electrons. The molecule has 0 aliphatic heterocycles. The molecule has 4 heteroatoms. The Hall–Kier alpha value is -0.610. The molecule has 0 unspecified atom stereocenters. The molecule has 16 heavy (non-hydrogen) atoms. The van der Waals surface area contributed by atoms with E-state index < -0.39 is 0 Å². The number of hydrogen-bond donors (Lipinski definition) is 1. The molecular formula is C12H21N3S. The minimum absolute atomic E-state index is 0.682. The summed E-state index contributed by atoms with van der Waals surface area (Å²) in [6.45, 7) is 2.21. The maximum Gasteiger partial charge on any atom is 0.180 e. The highest BCUT2D eigenvalue weighted by Gasteiger charge is 2.15. The van der Waals surface area contributed by atoms with Crippen molar-refractivity contribution in [2.24, 2.45) is 5.92 Å². The molecule has 0 radical (unpaired) electrons. The van der Waals surface area contributed by atoms with Gasteiger partial charge in [-0.3, -0.25) is 0 Å². The van der Waals surface area contributed by atoms with Gasteiger partial charge in [-0.2, -0.15) is 0 Å². The van der Waals surface area contributed by atoms with E-state index in [4.69, 9.17) is 5.73 Å². The molecule has 0 atom stereocenters. The molecule has 1 aliphatic carbocycles. The topological polar surface area (TPSA) is 42.2 Å². The largest absolute Gasteiger partial charge is 0.375 e. The fourth-order valence-electron chi connectivity index (χ4n) is 2.54. The molecule has 0 aromatic carbocycles. The first-order valence-electron chi connectivity index (χ1n) is 6.13. The summed E-state index contributed by atoms with van der Waals surface area (Å²) in [6.07, 6.45) is 9.01. The van der Waals surface area contributed by atoms with Crippen molar-refractivity contribution < 1.29 is 0 Å². The molecule has 2 rings (SSSR count). The Kier molecular flexibility index (Phi) is 4.18. The van der Waals surface area contributed by atoms with Crippen molar-refractivity contribution in [2.75, 3.05) is 19.3 Å². The predicted molar refractivity (Wildman–Crippen MR) is 69.4 cm³/mol. The Morgan fingerprint density at radius 3 is 2.81 bits per heavy atom. The lowest BCUT2D eigenvalue weighted by molar-refractivity contribution is 0.229. The van der Waals surface area contributed by atoms with Crippen molar-refractivity contribution in [1.29, 1.82) is 0 Å². The van der Waals surface area contributed by atoms with Gasteiger partial charge in [-0.1, -0.05) is 19.3 Å². The number of anilines is 1. The number of nitrogen functional groups attached to an aromatic ring is 1.